The summed E-state index contributed by atoms with van der Waals surface area (Å²) in [6.07, 6.45) is 3.69. The second-order valence-corrected chi connectivity index (χ2v) is 5.62. The number of para-hydroxylation sites is 1. The van der Waals surface area contributed by atoms with Crippen molar-refractivity contribution in [3.05, 3.63) is 29.8 Å². The molecule has 0 atom stereocenters. The highest BCUT2D eigenvalue weighted by Crippen LogP contribution is 2.29. The van der Waals surface area contributed by atoms with Gasteiger partial charge >= 0.3 is 0 Å². The van der Waals surface area contributed by atoms with Gasteiger partial charge in [0.1, 0.15) is 0 Å². The van der Waals surface area contributed by atoms with Crippen LogP contribution in [0.15, 0.2) is 24.3 Å². The Morgan fingerprint density at radius 3 is 2.75 bits per heavy atom. The molecule has 20 heavy (non-hydrogen) atoms. The minimum atomic E-state index is 0.361. The Kier molecular flexibility index (Phi) is 4.55. The molecule has 0 aliphatic carbocycles. The van der Waals surface area contributed by atoms with E-state index in [0.29, 0.717) is 6.10 Å². The van der Waals surface area contributed by atoms with Gasteiger partial charge in [0, 0.05) is 33.3 Å². The number of hydroxylamine groups is 1. The number of likely N-dealkylation sites (tertiary alicyclic amines) is 1. The average molecular weight is 276 g/mol. The quantitative estimate of drug-likeness (QED) is 0.822. The molecule has 4 heteroatoms. The van der Waals surface area contributed by atoms with Crippen molar-refractivity contribution >= 4 is 5.69 Å². The van der Waals surface area contributed by atoms with Crippen molar-refractivity contribution in [2.45, 2.75) is 25.4 Å². The zero-order chi connectivity index (χ0) is 13.8. The van der Waals surface area contributed by atoms with Crippen LogP contribution in [-0.4, -0.2) is 50.9 Å². The van der Waals surface area contributed by atoms with Crippen molar-refractivity contribution < 1.29 is 9.57 Å². The summed E-state index contributed by atoms with van der Waals surface area (Å²) in [6.45, 7) is 5.08. The van der Waals surface area contributed by atoms with E-state index in [2.05, 4.69) is 34.2 Å². The molecule has 110 valence electrons. The zero-order valence-corrected chi connectivity index (χ0v) is 12.3. The van der Waals surface area contributed by atoms with E-state index in [1.807, 2.05) is 0 Å². The van der Waals surface area contributed by atoms with E-state index in [-0.39, 0.29) is 0 Å². The predicted molar refractivity (Wildman–Crippen MR) is 79.9 cm³/mol. The van der Waals surface area contributed by atoms with Crippen LogP contribution in [0.1, 0.15) is 18.4 Å². The molecule has 1 fully saturated rings. The summed E-state index contributed by atoms with van der Waals surface area (Å²) in [5, 5.41) is 2.10. The smallest absolute Gasteiger partial charge is 0.0881 e. The van der Waals surface area contributed by atoms with Crippen LogP contribution in [0.5, 0.6) is 0 Å². The highest BCUT2D eigenvalue weighted by atomic mass is 16.7. The molecule has 1 aromatic carbocycles. The summed E-state index contributed by atoms with van der Waals surface area (Å²) in [7, 11) is 1.76. The predicted octanol–water partition coefficient (Wildman–Crippen LogP) is 2.09. The fraction of sp³-hybridized carbons (Fsp3) is 0.625. The number of ether oxygens (including phenoxy) is 1. The lowest BCUT2D eigenvalue weighted by Crippen LogP contribution is -2.41. The van der Waals surface area contributed by atoms with Gasteiger partial charge in [-0.2, -0.15) is 0 Å². The lowest BCUT2D eigenvalue weighted by atomic mass is 10.1. The number of piperidine rings is 1. The van der Waals surface area contributed by atoms with Gasteiger partial charge in [-0.25, -0.2) is 0 Å². The normalized spacial score (nSPS) is 20.4. The summed E-state index contributed by atoms with van der Waals surface area (Å²) in [6, 6.07) is 8.56. The number of hydrogen-bond donors (Lipinski definition) is 0. The zero-order valence-electron chi connectivity index (χ0n) is 12.3. The topological polar surface area (TPSA) is 24.9 Å². The molecule has 2 aliphatic rings. The van der Waals surface area contributed by atoms with Gasteiger partial charge in [-0.3, -0.25) is 9.90 Å². The van der Waals surface area contributed by atoms with Crippen LogP contribution in [0.2, 0.25) is 0 Å². The molecule has 2 heterocycles. The van der Waals surface area contributed by atoms with Gasteiger partial charge in [0.2, 0.25) is 0 Å². The van der Waals surface area contributed by atoms with Crippen LogP contribution < -0.4 is 5.06 Å². The molecule has 4 nitrogen and oxygen atoms in total. The molecule has 2 aliphatic heterocycles. The third kappa shape index (κ3) is 3.14. The first-order valence-electron chi connectivity index (χ1n) is 7.60. The number of fused-ring (bicyclic) bond motifs is 1. The second-order valence-electron chi connectivity index (χ2n) is 5.62. The molecule has 1 aromatic rings. The monoisotopic (exact) mass is 276 g/mol. The molecule has 0 unspecified atom stereocenters. The Morgan fingerprint density at radius 1 is 1.15 bits per heavy atom. The van der Waals surface area contributed by atoms with Crippen LogP contribution >= 0.6 is 0 Å². The van der Waals surface area contributed by atoms with Crippen molar-refractivity contribution in [2.75, 3.05) is 45.0 Å². The third-order valence-corrected chi connectivity index (χ3v) is 4.27. The molecular formula is C16H24N2O2. The van der Waals surface area contributed by atoms with E-state index in [9.17, 15) is 0 Å². The number of hydrogen-bond acceptors (Lipinski definition) is 4. The first-order chi connectivity index (χ1) is 9.86. The molecule has 0 radical (unpaired) electrons. The number of rotatable bonds is 5. The SMILES string of the molecule is COCCN1CCC(ON2CCc3ccccc32)CC1. The summed E-state index contributed by atoms with van der Waals surface area (Å²) in [5.74, 6) is 0. The van der Waals surface area contributed by atoms with Crippen molar-refractivity contribution in [1.29, 1.82) is 0 Å². The van der Waals surface area contributed by atoms with Crippen LogP contribution in [0.25, 0.3) is 0 Å². The standard InChI is InChI=1S/C16H24N2O2/c1-19-13-12-17-9-7-15(8-10-17)20-18-11-6-14-4-2-3-5-16(14)18/h2-5,15H,6-13H2,1H3. The van der Waals surface area contributed by atoms with E-state index in [0.717, 1.165) is 52.0 Å². The van der Waals surface area contributed by atoms with E-state index in [1.165, 1.54) is 11.3 Å². The first kappa shape index (κ1) is 13.9. The Balaban J connectivity index is 1.49. The van der Waals surface area contributed by atoms with Gasteiger partial charge < -0.3 is 9.64 Å². The molecule has 3 rings (SSSR count). The van der Waals surface area contributed by atoms with Gasteiger partial charge in [-0.05, 0) is 30.9 Å². The van der Waals surface area contributed by atoms with Gasteiger partial charge in [0.15, 0.2) is 0 Å². The summed E-state index contributed by atoms with van der Waals surface area (Å²) in [5.41, 5.74) is 2.67. The molecule has 0 amide bonds. The lowest BCUT2D eigenvalue weighted by molar-refractivity contribution is -0.00864. The Bertz CT molecular complexity index is 430. The van der Waals surface area contributed by atoms with E-state index in [4.69, 9.17) is 9.57 Å². The minimum Gasteiger partial charge on any atom is -0.383 e. The maximum atomic E-state index is 6.21. The van der Waals surface area contributed by atoms with Crippen LogP contribution in [-0.2, 0) is 16.0 Å². The highest BCUT2D eigenvalue weighted by molar-refractivity contribution is 5.55. The largest absolute Gasteiger partial charge is 0.383 e. The summed E-state index contributed by atoms with van der Waals surface area (Å²) < 4.78 is 5.14. The van der Waals surface area contributed by atoms with E-state index < -0.39 is 0 Å². The Labute approximate surface area is 121 Å². The van der Waals surface area contributed by atoms with Gasteiger partial charge in [-0.1, -0.05) is 18.2 Å². The molecule has 0 saturated carbocycles. The van der Waals surface area contributed by atoms with Crippen LogP contribution in [0, 0.1) is 0 Å². The molecule has 0 bridgehead atoms. The van der Waals surface area contributed by atoms with Gasteiger partial charge in [0.25, 0.3) is 0 Å². The fourth-order valence-corrected chi connectivity index (χ4v) is 3.06. The molecular weight excluding hydrogens is 252 g/mol. The number of anilines is 1. The molecule has 1 saturated heterocycles. The van der Waals surface area contributed by atoms with Crippen molar-refractivity contribution in [3.8, 4) is 0 Å². The van der Waals surface area contributed by atoms with Gasteiger partial charge in [-0.15, -0.1) is 0 Å². The van der Waals surface area contributed by atoms with E-state index >= 15 is 0 Å². The van der Waals surface area contributed by atoms with Crippen LogP contribution in [0.4, 0.5) is 5.69 Å². The maximum Gasteiger partial charge on any atom is 0.0881 e. The van der Waals surface area contributed by atoms with Crippen molar-refractivity contribution in [3.63, 3.8) is 0 Å². The molecule has 0 aromatic heterocycles. The van der Waals surface area contributed by atoms with Crippen molar-refractivity contribution in [2.24, 2.45) is 0 Å². The van der Waals surface area contributed by atoms with Gasteiger partial charge in [0.05, 0.1) is 18.4 Å². The Morgan fingerprint density at radius 2 is 1.95 bits per heavy atom. The fourth-order valence-electron chi connectivity index (χ4n) is 3.06. The van der Waals surface area contributed by atoms with Crippen LogP contribution in [0.3, 0.4) is 0 Å². The highest BCUT2D eigenvalue weighted by Gasteiger charge is 2.25. The molecule has 0 spiro atoms. The number of benzene rings is 1. The number of nitrogens with zero attached hydrogens (tertiary/aromatic N) is 2. The minimum absolute atomic E-state index is 0.361. The average Bonchev–Trinajstić information content (AvgIpc) is 2.90. The second kappa shape index (κ2) is 6.57. The molecule has 0 N–H and O–H groups in total. The lowest BCUT2D eigenvalue weighted by Gasteiger charge is -2.34. The summed E-state index contributed by atoms with van der Waals surface area (Å²) in [4.78, 5) is 8.67. The maximum absolute atomic E-state index is 6.21. The number of methoxy groups -OCH3 is 1. The third-order valence-electron chi connectivity index (χ3n) is 4.27. The van der Waals surface area contributed by atoms with E-state index in [1.54, 1.807) is 7.11 Å². The van der Waals surface area contributed by atoms with Crippen molar-refractivity contribution in [1.82, 2.24) is 4.90 Å². The Hall–Kier alpha value is -1.10. The summed E-state index contributed by atoms with van der Waals surface area (Å²) >= 11 is 0. The first-order valence-corrected chi connectivity index (χ1v) is 7.60.